The van der Waals surface area contributed by atoms with Crippen LogP contribution < -0.4 is 0 Å². The zero-order valence-electron chi connectivity index (χ0n) is 16.4. The van der Waals surface area contributed by atoms with E-state index in [4.69, 9.17) is 0 Å². The summed E-state index contributed by atoms with van der Waals surface area (Å²) in [5.41, 5.74) is 0.381. The Balaban J connectivity index is 1.60. The second-order valence-electron chi connectivity index (χ2n) is 7.22. The summed E-state index contributed by atoms with van der Waals surface area (Å²) >= 11 is 1.30. The van der Waals surface area contributed by atoms with Gasteiger partial charge in [-0.15, -0.1) is 11.3 Å². The van der Waals surface area contributed by atoms with E-state index in [2.05, 4.69) is 4.98 Å². The van der Waals surface area contributed by atoms with Crippen molar-refractivity contribution >= 4 is 27.3 Å². The lowest BCUT2D eigenvalue weighted by Crippen LogP contribution is -2.40. The first kappa shape index (κ1) is 22.4. The van der Waals surface area contributed by atoms with E-state index in [0.29, 0.717) is 22.7 Å². The molecule has 11 heteroatoms. The molecule has 0 radical (unpaired) electrons. The van der Waals surface area contributed by atoms with E-state index in [1.54, 1.807) is 18.2 Å². The van der Waals surface area contributed by atoms with E-state index in [-0.39, 0.29) is 18.7 Å². The molecule has 1 unspecified atom stereocenters. The maximum Gasteiger partial charge on any atom is 0.416 e. The number of carbonyl (C=O) groups is 1. The summed E-state index contributed by atoms with van der Waals surface area (Å²) in [6.45, 7) is 0.00596. The first-order valence-corrected chi connectivity index (χ1v) is 11.8. The predicted molar refractivity (Wildman–Crippen MR) is 112 cm³/mol. The molecule has 1 atom stereocenters. The minimum absolute atomic E-state index is 0.0919. The van der Waals surface area contributed by atoms with Crippen molar-refractivity contribution in [1.29, 1.82) is 0 Å². The van der Waals surface area contributed by atoms with Crippen molar-refractivity contribution in [3.8, 4) is 10.6 Å². The molecular formula is C21H17F3N2O4S2. The van der Waals surface area contributed by atoms with Crippen LogP contribution in [-0.2, 0) is 34.0 Å². The van der Waals surface area contributed by atoms with E-state index in [1.807, 2.05) is 0 Å². The van der Waals surface area contributed by atoms with Crippen LogP contribution in [0.15, 0.2) is 54.6 Å². The van der Waals surface area contributed by atoms with Gasteiger partial charge in [0.25, 0.3) is 0 Å². The van der Waals surface area contributed by atoms with Gasteiger partial charge in [-0.3, -0.25) is 4.79 Å². The number of nitrogens with zero attached hydrogens (tertiary/aromatic N) is 2. The fraction of sp³-hybridized carbons (Fsp3) is 0.238. The van der Waals surface area contributed by atoms with Gasteiger partial charge in [0.15, 0.2) is 5.25 Å². The lowest BCUT2D eigenvalue weighted by Gasteiger charge is -2.28. The first-order chi connectivity index (χ1) is 15.1. The van der Waals surface area contributed by atoms with Gasteiger partial charge in [-0.05, 0) is 24.1 Å². The number of rotatable bonds is 5. The Bertz CT molecular complexity index is 1240. The van der Waals surface area contributed by atoms with Gasteiger partial charge in [-0.2, -0.15) is 17.5 Å². The van der Waals surface area contributed by atoms with Crippen LogP contribution in [-0.4, -0.2) is 35.3 Å². The first-order valence-electron chi connectivity index (χ1n) is 9.50. The Morgan fingerprint density at radius 1 is 1.09 bits per heavy atom. The predicted octanol–water partition coefficient (Wildman–Crippen LogP) is 4.34. The number of benzene rings is 2. The summed E-state index contributed by atoms with van der Waals surface area (Å²) in [6, 6.07) is 12.3. The number of carboxylic acid groups (broad SMARTS) is 1. The standard InChI is InChI=1S/C21H17F3N2O4S2/c22-21(23,24)15-8-6-14(7-9-15)19-25-16-12-26(11-10-17(16)31-19)32(29,30)18(20(27)28)13-4-2-1-3-5-13/h1-9,18H,10-12H2,(H,27,28). The number of thiazole rings is 1. The third-order valence-corrected chi connectivity index (χ3v) is 8.44. The summed E-state index contributed by atoms with van der Waals surface area (Å²) in [5.74, 6) is -1.47. The summed E-state index contributed by atoms with van der Waals surface area (Å²) < 4.78 is 65.8. The zero-order valence-corrected chi connectivity index (χ0v) is 18.0. The molecule has 0 saturated carbocycles. The molecule has 2 heterocycles. The monoisotopic (exact) mass is 482 g/mol. The molecule has 0 bridgehead atoms. The van der Waals surface area contributed by atoms with Crippen molar-refractivity contribution in [2.75, 3.05) is 6.54 Å². The molecule has 3 aromatic rings. The van der Waals surface area contributed by atoms with Crippen molar-refractivity contribution < 1.29 is 31.5 Å². The Hall–Kier alpha value is -2.76. The Morgan fingerprint density at radius 3 is 2.34 bits per heavy atom. The lowest BCUT2D eigenvalue weighted by molar-refractivity contribution is -0.138. The summed E-state index contributed by atoms with van der Waals surface area (Å²) in [6.07, 6.45) is -4.09. The van der Waals surface area contributed by atoms with Gasteiger partial charge in [0.2, 0.25) is 10.0 Å². The minimum Gasteiger partial charge on any atom is -0.480 e. The number of aliphatic carboxylic acids is 1. The molecule has 0 aliphatic carbocycles. The SMILES string of the molecule is O=C(O)C(c1ccccc1)S(=O)(=O)N1CCc2sc(-c3ccc(C(F)(F)F)cc3)nc2C1. The molecule has 0 amide bonds. The number of carboxylic acids is 1. The molecule has 1 aliphatic rings. The molecule has 168 valence electrons. The summed E-state index contributed by atoms with van der Waals surface area (Å²) in [5, 5.41) is 8.37. The highest BCUT2D eigenvalue weighted by molar-refractivity contribution is 7.90. The molecule has 6 nitrogen and oxygen atoms in total. The average Bonchev–Trinajstić information content (AvgIpc) is 3.17. The van der Waals surface area contributed by atoms with Gasteiger partial charge < -0.3 is 5.11 Å². The van der Waals surface area contributed by atoms with Crippen molar-refractivity contribution in [1.82, 2.24) is 9.29 Å². The highest BCUT2D eigenvalue weighted by Gasteiger charge is 2.40. The average molecular weight is 483 g/mol. The molecule has 0 fully saturated rings. The number of fused-ring (bicyclic) bond motifs is 1. The molecule has 1 N–H and O–H groups in total. The van der Waals surface area contributed by atoms with Gasteiger partial charge >= 0.3 is 12.1 Å². The van der Waals surface area contributed by atoms with E-state index in [9.17, 15) is 31.5 Å². The summed E-state index contributed by atoms with van der Waals surface area (Å²) in [4.78, 5) is 17.1. The Labute approximate surface area is 186 Å². The molecule has 0 saturated heterocycles. The second kappa shape index (κ2) is 8.30. The van der Waals surface area contributed by atoms with Crippen LogP contribution in [0.5, 0.6) is 0 Å². The highest BCUT2D eigenvalue weighted by Crippen LogP contribution is 2.36. The van der Waals surface area contributed by atoms with Gasteiger partial charge in [-0.1, -0.05) is 42.5 Å². The number of alkyl halides is 3. The van der Waals surface area contributed by atoms with Crippen LogP contribution in [0.2, 0.25) is 0 Å². The van der Waals surface area contributed by atoms with Crippen LogP contribution in [0, 0.1) is 0 Å². The number of halogens is 3. The molecule has 2 aromatic carbocycles. The maximum atomic E-state index is 13.2. The molecule has 1 aliphatic heterocycles. The van der Waals surface area contributed by atoms with Gasteiger partial charge in [0.1, 0.15) is 5.01 Å². The number of aromatic nitrogens is 1. The van der Waals surface area contributed by atoms with Crippen molar-refractivity contribution in [2.45, 2.75) is 24.4 Å². The number of hydrogen-bond acceptors (Lipinski definition) is 5. The fourth-order valence-corrected chi connectivity index (χ4v) is 6.30. The van der Waals surface area contributed by atoms with Crippen molar-refractivity contribution in [3.63, 3.8) is 0 Å². The van der Waals surface area contributed by atoms with E-state index >= 15 is 0 Å². The van der Waals surface area contributed by atoms with Crippen LogP contribution in [0.3, 0.4) is 0 Å². The third kappa shape index (κ3) is 4.27. The summed E-state index contributed by atoms with van der Waals surface area (Å²) in [7, 11) is -4.22. The van der Waals surface area contributed by atoms with E-state index < -0.39 is 33.0 Å². The zero-order chi connectivity index (χ0) is 23.1. The Kier molecular flexibility index (Phi) is 5.82. The van der Waals surface area contributed by atoms with Crippen LogP contribution in [0.1, 0.15) is 26.9 Å². The van der Waals surface area contributed by atoms with Gasteiger partial charge in [0, 0.05) is 17.0 Å². The van der Waals surface area contributed by atoms with Crippen LogP contribution >= 0.6 is 11.3 Å². The molecule has 0 spiro atoms. The molecule has 32 heavy (non-hydrogen) atoms. The minimum atomic E-state index is -4.44. The second-order valence-corrected chi connectivity index (χ2v) is 10.3. The quantitative estimate of drug-likeness (QED) is 0.585. The van der Waals surface area contributed by atoms with Crippen LogP contribution in [0.4, 0.5) is 13.2 Å². The normalized spacial score (nSPS) is 15.8. The highest BCUT2D eigenvalue weighted by atomic mass is 32.2. The van der Waals surface area contributed by atoms with E-state index in [0.717, 1.165) is 21.3 Å². The molecular weight excluding hydrogens is 465 g/mol. The molecule has 1 aromatic heterocycles. The topological polar surface area (TPSA) is 87.6 Å². The maximum absolute atomic E-state index is 13.2. The lowest BCUT2D eigenvalue weighted by atomic mass is 10.1. The molecule has 4 rings (SSSR count). The van der Waals surface area contributed by atoms with Crippen LogP contribution in [0.25, 0.3) is 10.6 Å². The smallest absolute Gasteiger partial charge is 0.416 e. The number of sulfonamides is 1. The number of hydrogen-bond donors (Lipinski definition) is 1. The van der Waals surface area contributed by atoms with Crippen molar-refractivity contribution in [2.24, 2.45) is 0 Å². The van der Waals surface area contributed by atoms with Crippen molar-refractivity contribution in [3.05, 3.63) is 76.3 Å². The fourth-order valence-electron chi connectivity index (χ4n) is 3.54. The Morgan fingerprint density at radius 2 is 1.75 bits per heavy atom. The largest absolute Gasteiger partial charge is 0.480 e. The third-order valence-electron chi connectivity index (χ3n) is 5.14. The van der Waals surface area contributed by atoms with Gasteiger partial charge in [0.05, 0.1) is 17.8 Å². The van der Waals surface area contributed by atoms with Gasteiger partial charge in [-0.25, -0.2) is 13.4 Å². The van der Waals surface area contributed by atoms with E-state index in [1.165, 1.54) is 35.6 Å².